The maximum absolute atomic E-state index is 11.8. The van der Waals surface area contributed by atoms with Gasteiger partial charge in [-0.05, 0) is 52.9 Å². The van der Waals surface area contributed by atoms with Crippen LogP contribution in [0.25, 0.3) is 0 Å². The predicted molar refractivity (Wildman–Crippen MR) is 89.5 cm³/mol. The second-order valence-electron chi connectivity index (χ2n) is 4.33. The van der Waals surface area contributed by atoms with Crippen LogP contribution in [0.4, 0.5) is 0 Å². The Bertz CT molecular complexity index is 599. The van der Waals surface area contributed by atoms with Crippen molar-refractivity contribution in [1.82, 2.24) is 5.32 Å². The first-order chi connectivity index (χ1) is 10.2. The van der Waals surface area contributed by atoms with Crippen LogP contribution in [0.1, 0.15) is 5.56 Å². The Morgan fingerprint density at radius 1 is 1.14 bits per heavy atom. The van der Waals surface area contributed by atoms with Crippen molar-refractivity contribution in [2.24, 2.45) is 0 Å². The van der Waals surface area contributed by atoms with Gasteiger partial charge in [-0.15, -0.1) is 0 Å². The third-order valence-electron chi connectivity index (χ3n) is 2.85. The number of amides is 1. The summed E-state index contributed by atoms with van der Waals surface area (Å²) in [5.41, 5.74) is 0.933. The molecule has 5 heteroatoms. The molecule has 0 saturated heterocycles. The van der Waals surface area contributed by atoms with Crippen LogP contribution in [0.15, 0.2) is 48.5 Å². The van der Waals surface area contributed by atoms with E-state index in [2.05, 4.69) is 27.9 Å². The first-order valence-corrected chi connectivity index (χ1v) is 7.54. The number of halogens is 1. The van der Waals surface area contributed by atoms with Gasteiger partial charge in [0.05, 0.1) is 7.11 Å². The van der Waals surface area contributed by atoms with Gasteiger partial charge < -0.3 is 14.8 Å². The van der Waals surface area contributed by atoms with Crippen molar-refractivity contribution in [1.29, 1.82) is 0 Å². The molecule has 0 aliphatic rings. The van der Waals surface area contributed by atoms with Crippen LogP contribution in [0.3, 0.4) is 0 Å². The van der Waals surface area contributed by atoms with Crippen molar-refractivity contribution in [3.05, 3.63) is 57.7 Å². The van der Waals surface area contributed by atoms with Gasteiger partial charge in [0.25, 0.3) is 5.91 Å². The van der Waals surface area contributed by atoms with Gasteiger partial charge in [-0.2, -0.15) is 0 Å². The first kappa shape index (κ1) is 15.6. The number of para-hydroxylation sites is 1. The molecule has 0 spiro atoms. The van der Waals surface area contributed by atoms with Gasteiger partial charge in [-0.1, -0.05) is 18.2 Å². The Balaban J connectivity index is 1.81. The summed E-state index contributed by atoms with van der Waals surface area (Å²) in [6, 6.07) is 15.1. The fourth-order valence-corrected chi connectivity index (χ4v) is 2.13. The number of hydrogen-bond donors (Lipinski definition) is 1. The zero-order chi connectivity index (χ0) is 15.1. The lowest BCUT2D eigenvalue weighted by atomic mass is 10.2. The third-order valence-corrected chi connectivity index (χ3v) is 3.57. The highest BCUT2D eigenvalue weighted by Gasteiger charge is 2.05. The SMILES string of the molecule is COc1ccccc1CNC(=O)COc1ccc(I)cc1. The topological polar surface area (TPSA) is 47.6 Å². The molecule has 4 nitrogen and oxygen atoms in total. The molecule has 21 heavy (non-hydrogen) atoms. The number of rotatable bonds is 6. The van der Waals surface area contributed by atoms with Crippen LogP contribution in [0.5, 0.6) is 11.5 Å². The van der Waals surface area contributed by atoms with Crippen LogP contribution in [-0.4, -0.2) is 19.6 Å². The van der Waals surface area contributed by atoms with Gasteiger partial charge >= 0.3 is 0 Å². The Morgan fingerprint density at radius 2 is 1.86 bits per heavy atom. The van der Waals surface area contributed by atoms with Crippen LogP contribution in [0, 0.1) is 3.57 Å². The quantitative estimate of drug-likeness (QED) is 0.763. The molecule has 110 valence electrons. The van der Waals surface area contributed by atoms with E-state index in [1.54, 1.807) is 7.11 Å². The monoisotopic (exact) mass is 397 g/mol. The van der Waals surface area contributed by atoms with Gasteiger partial charge in [-0.25, -0.2) is 0 Å². The molecule has 2 aromatic rings. The minimum Gasteiger partial charge on any atom is -0.496 e. The molecule has 0 atom stereocenters. The molecule has 0 heterocycles. The van der Waals surface area contributed by atoms with Crippen LogP contribution in [0.2, 0.25) is 0 Å². The zero-order valence-electron chi connectivity index (χ0n) is 11.6. The average Bonchev–Trinajstić information content (AvgIpc) is 2.52. The molecule has 0 bridgehead atoms. The Morgan fingerprint density at radius 3 is 2.57 bits per heavy atom. The van der Waals surface area contributed by atoms with E-state index in [0.717, 1.165) is 14.9 Å². The molecule has 0 fully saturated rings. The minimum absolute atomic E-state index is 0.00422. The van der Waals surface area contributed by atoms with Gasteiger partial charge in [-0.3, -0.25) is 4.79 Å². The number of ether oxygens (including phenoxy) is 2. The lowest BCUT2D eigenvalue weighted by molar-refractivity contribution is -0.123. The zero-order valence-corrected chi connectivity index (χ0v) is 13.8. The van der Waals surface area contributed by atoms with E-state index in [9.17, 15) is 4.79 Å². The fourth-order valence-electron chi connectivity index (χ4n) is 1.77. The Hall–Kier alpha value is -1.76. The minimum atomic E-state index is -0.167. The Labute approximate surface area is 137 Å². The summed E-state index contributed by atoms with van der Waals surface area (Å²) in [6.45, 7) is 0.411. The standard InChI is InChI=1S/C16H16INO3/c1-20-15-5-3-2-4-12(15)10-18-16(19)11-21-14-8-6-13(17)7-9-14/h2-9H,10-11H2,1H3,(H,18,19). The largest absolute Gasteiger partial charge is 0.496 e. The Kier molecular flexibility index (Phi) is 5.86. The number of carbonyl (C=O) groups excluding carboxylic acids is 1. The molecule has 0 aliphatic carbocycles. The summed E-state index contributed by atoms with van der Waals surface area (Å²) < 4.78 is 11.8. The van der Waals surface area contributed by atoms with Crippen LogP contribution in [-0.2, 0) is 11.3 Å². The second-order valence-corrected chi connectivity index (χ2v) is 5.58. The summed E-state index contributed by atoms with van der Waals surface area (Å²) in [6.07, 6.45) is 0. The molecule has 2 aromatic carbocycles. The smallest absolute Gasteiger partial charge is 0.258 e. The summed E-state index contributed by atoms with van der Waals surface area (Å²) in [5.74, 6) is 1.28. The van der Waals surface area contributed by atoms with Crippen molar-refractivity contribution < 1.29 is 14.3 Å². The van der Waals surface area contributed by atoms with Gasteiger partial charge in [0.1, 0.15) is 11.5 Å². The van der Waals surface area contributed by atoms with E-state index >= 15 is 0 Å². The second kappa shape index (κ2) is 7.87. The van der Waals surface area contributed by atoms with Crippen LogP contribution < -0.4 is 14.8 Å². The molecular formula is C16H16INO3. The fraction of sp³-hybridized carbons (Fsp3) is 0.188. The molecular weight excluding hydrogens is 381 g/mol. The number of hydrogen-bond acceptors (Lipinski definition) is 3. The third kappa shape index (κ3) is 4.93. The normalized spacial score (nSPS) is 10.0. The van der Waals surface area contributed by atoms with Crippen molar-refractivity contribution in [3.8, 4) is 11.5 Å². The average molecular weight is 397 g/mol. The lowest BCUT2D eigenvalue weighted by Gasteiger charge is -2.10. The molecule has 0 unspecified atom stereocenters. The summed E-state index contributed by atoms with van der Waals surface area (Å²) >= 11 is 2.22. The van der Waals surface area contributed by atoms with Crippen molar-refractivity contribution in [3.63, 3.8) is 0 Å². The lowest BCUT2D eigenvalue weighted by Crippen LogP contribution is -2.28. The number of nitrogens with one attached hydrogen (secondary N) is 1. The maximum Gasteiger partial charge on any atom is 0.258 e. The first-order valence-electron chi connectivity index (χ1n) is 6.46. The highest BCUT2D eigenvalue weighted by molar-refractivity contribution is 14.1. The molecule has 0 aliphatic heterocycles. The van der Waals surface area contributed by atoms with E-state index in [1.165, 1.54) is 0 Å². The van der Waals surface area contributed by atoms with E-state index in [0.29, 0.717) is 12.3 Å². The van der Waals surface area contributed by atoms with E-state index in [4.69, 9.17) is 9.47 Å². The summed E-state index contributed by atoms with van der Waals surface area (Å²) in [5, 5.41) is 2.81. The maximum atomic E-state index is 11.8. The summed E-state index contributed by atoms with van der Waals surface area (Å²) in [7, 11) is 1.61. The molecule has 1 N–H and O–H groups in total. The van der Waals surface area contributed by atoms with Crippen molar-refractivity contribution in [2.75, 3.05) is 13.7 Å². The molecule has 0 aromatic heterocycles. The van der Waals surface area contributed by atoms with Crippen LogP contribution >= 0.6 is 22.6 Å². The molecule has 0 saturated carbocycles. The van der Waals surface area contributed by atoms with Gasteiger partial charge in [0.2, 0.25) is 0 Å². The number of carbonyl (C=O) groups is 1. The highest BCUT2D eigenvalue weighted by atomic mass is 127. The van der Waals surface area contributed by atoms with E-state index in [-0.39, 0.29) is 12.5 Å². The van der Waals surface area contributed by atoms with E-state index in [1.807, 2.05) is 48.5 Å². The number of methoxy groups -OCH3 is 1. The molecule has 0 radical (unpaired) electrons. The predicted octanol–water partition coefficient (Wildman–Crippen LogP) is 3.00. The molecule has 1 amide bonds. The van der Waals surface area contributed by atoms with Crippen molar-refractivity contribution in [2.45, 2.75) is 6.54 Å². The van der Waals surface area contributed by atoms with Gasteiger partial charge in [0, 0.05) is 15.7 Å². The molecule has 2 rings (SSSR count). The van der Waals surface area contributed by atoms with Gasteiger partial charge in [0.15, 0.2) is 6.61 Å². The highest BCUT2D eigenvalue weighted by Crippen LogP contribution is 2.16. The summed E-state index contributed by atoms with van der Waals surface area (Å²) in [4.78, 5) is 11.8. The van der Waals surface area contributed by atoms with E-state index < -0.39 is 0 Å². The number of benzene rings is 2. The van der Waals surface area contributed by atoms with Crippen molar-refractivity contribution >= 4 is 28.5 Å².